The maximum absolute atomic E-state index is 12.3. The molecule has 0 spiro atoms. The molecule has 0 saturated heterocycles. The summed E-state index contributed by atoms with van der Waals surface area (Å²) >= 11 is 9.78. The Morgan fingerprint density at radius 1 is 1.09 bits per heavy atom. The van der Waals surface area contributed by atoms with E-state index in [0.29, 0.717) is 34.2 Å². The van der Waals surface area contributed by atoms with Crippen molar-refractivity contribution in [3.63, 3.8) is 0 Å². The van der Waals surface area contributed by atoms with Gasteiger partial charge in [0.25, 0.3) is 0 Å². The number of ether oxygens (including phenoxy) is 2. The van der Waals surface area contributed by atoms with E-state index in [2.05, 4.69) is 32.5 Å². The van der Waals surface area contributed by atoms with Crippen LogP contribution in [0.15, 0.2) is 64.2 Å². The number of amides is 1. The first kappa shape index (κ1) is 24.8. The van der Waals surface area contributed by atoms with Crippen molar-refractivity contribution in [2.45, 2.75) is 33.8 Å². The first-order valence-electron chi connectivity index (χ1n) is 10.6. The molecule has 172 valence electrons. The first-order chi connectivity index (χ1) is 15.9. The summed E-state index contributed by atoms with van der Waals surface area (Å²) in [5, 5.41) is 4.75. The van der Waals surface area contributed by atoms with Gasteiger partial charge >= 0.3 is 0 Å². The summed E-state index contributed by atoms with van der Waals surface area (Å²) < 4.78 is 12.5. The molecule has 0 radical (unpaired) electrons. The number of carbonyl (C=O) groups excluding carboxylic acids is 1. The van der Waals surface area contributed by atoms with E-state index in [0.717, 1.165) is 22.3 Å². The molecule has 1 amide bonds. The Morgan fingerprint density at radius 3 is 2.61 bits per heavy atom. The summed E-state index contributed by atoms with van der Waals surface area (Å²) in [5.41, 5.74) is 7.46. The van der Waals surface area contributed by atoms with Gasteiger partial charge in [0, 0.05) is 10.6 Å². The topological polar surface area (TPSA) is 59.9 Å². The lowest BCUT2D eigenvalue weighted by Gasteiger charge is -2.15. The standard InChI is InChI=1S/C26H26BrClN2O3/c1-4-32-24-13-19(12-22(27)26(24)33-16-21-7-5-6-8-23(21)28)15-29-30-25(31)14-20-10-9-17(2)11-18(20)3/h5-13,15H,4,14,16H2,1-3H3,(H,30,31)/b29-15+. The molecule has 0 heterocycles. The van der Waals surface area contributed by atoms with Gasteiger partial charge < -0.3 is 9.47 Å². The lowest BCUT2D eigenvalue weighted by atomic mass is 10.0. The second-order valence-corrected chi connectivity index (χ2v) is 8.80. The zero-order valence-corrected chi connectivity index (χ0v) is 21.2. The van der Waals surface area contributed by atoms with Crippen molar-refractivity contribution >= 4 is 39.7 Å². The molecule has 0 aliphatic heterocycles. The summed E-state index contributed by atoms with van der Waals surface area (Å²) in [6.07, 6.45) is 1.84. The van der Waals surface area contributed by atoms with E-state index < -0.39 is 0 Å². The average molecular weight is 530 g/mol. The van der Waals surface area contributed by atoms with Crippen molar-refractivity contribution in [3.8, 4) is 11.5 Å². The molecule has 0 bridgehead atoms. The van der Waals surface area contributed by atoms with Gasteiger partial charge in [-0.2, -0.15) is 5.10 Å². The van der Waals surface area contributed by atoms with Crippen molar-refractivity contribution in [1.29, 1.82) is 0 Å². The Balaban J connectivity index is 1.68. The third kappa shape index (κ3) is 7.07. The number of carbonyl (C=O) groups is 1. The second-order valence-electron chi connectivity index (χ2n) is 7.54. The molecular weight excluding hydrogens is 504 g/mol. The van der Waals surface area contributed by atoms with Gasteiger partial charge in [0.2, 0.25) is 5.91 Å². The van der Waals surface area contributed by atoms with Crippen LogP contribution in [-0.2, 0) is 17.8 Å². The van der Waals surface area contributed by atoms with Gasteiger partial charge in [0.05, 0.1) is 23.7 Å². The Kier molecular flexibility index (Phi) is 8.92. The third-order valence-electron chi connectivity index (χ3n) is 4.91. The summed E-state index contributed by atoms with van der Waals surface area (Å²) in [6.45, 7) is 6.71. The van der Waals surface area contributed by atoms with Crippen LogP contribution in [0, 0.1) is 13.8 Å². The smallest absolute Gasteiger partial charge is 0.244 e. The van der Waals surface area contributed by atoms with Crippen LogP contribution in [-0.4, -0.2) is 18.7 Å². The molecule has 0 unspecified atom stereocenters. The molecule has 0 fully saturated rings. The van der Waals surface area contributed by atoms with Gasteiger partial charge in [0.15, 0.2) is 11.5 Å². The highest BCUT2D eigenvalue weighted by Crippen LogP contribution is 2.37. The lowest BCUT2D eigenvalue weighted by Crippen LogP contribution is -2.20. The van der Waals surface area contributed by atoms with E-state index in [9.17, 15) is 4.79 Å². The van der Waals surface area contributed by atoms with Crippen molar-refractivity contribution < 1.29 is 14.3 Å². The van der Waals surface area contributed by atoms with Crippen molar-refractivity contribution in [2.24, 2.45) is 5.10 Å². The molecule has 3 aromatic carbocycles. The number of aryl methyl sites for hydroxylation is 2. The number of hydrazone groups is 1. The van der Waals surface area contributed by atoms with Crippen LogP contribution in [0.4, 0.5) is 0 Å². The van der Waals surface area contributed by atoms with Gasteiger partial charge in [0.1, 0.15) is 6.61 Å². The summed E-state index contributed by atoms with van der Waals surface area (Å²) in [6, 6.07) is 17.2. The maximum atomic E-state index is 12.3. The molecule has 33 heavy (non-hydrogen) atoms. The fraction of sp³-hybridized carbons (Fsp3) is 0.231. The number of nitrogens with zero attached hydrogens (tertiary/aromatic N) is 1. The monoisotopic (exact) mass is 528 g/mol. The van der Waals surface area contributed by atoms with Crippen LogP contribution in [0.5, 0.6) is 11.5 Å². The SMILES string of the molecule is CCOc1cc(/C=N/NC(=O)Cc2ccc(C)cc2C)cc(Br)c1OCc1ccccc1Cl. The van der Waals surface area contributed by atoms with Crippen LogP contribution in [0.1, 0.15) is 34.7 Å². The van der Waals surface area contributed by atoms with E-state index >= 15 is 0 Å². The van der Waals surface area contributed by atoms with Gasteiger partial charge in [-0.15, -0.1) is 0 Å². The van der Waals surface area contributed by atoms with E-state index in [1.54, 1.807) is 6.21 Å². The van der Waals surface area contributed by atoms with Gasteiger partial charge in [-0.1, -0.05) is 53.6 Å². The minimum absolute atomic E-state index is 0.179. The van der Waals surface area contributed by atoms with Crippen LogP contribution >= 0.6 is 27.5 Å². The van der Waals surface area contributed by atoms with Crippen molar-refractivity contribution in [1.82, 2.24) is 5.43 Å². The second kappa shape index (κ2) is 11.9. The van der Waals surface area contributed by atoms with Gasteiger partial charge in [-0.25, -0.2) is 5.43 Å². The molecule has 5 nitrogen and oxygen atoms in total. The molecule has 0 atom stereocenters. The van der Waals surface area contributed by atoms with E-state index in [1.165, 1.54) is 5.56 Å². The number of halogens is 2. The summed E-state index contributed by atoms with van der Waals surface area (Å²) in [7, 11) is 0. The van der Waals surface area contributed by atoms with Gasteiger partial charge in [-0.3, -0.25) is 4.79 Å². The number of hydrogen-bond acceptors (Lipinski definition) is 4. The fourth-order valence-electron chi connectivity index (χ4n) is 3.27. The molecule has 0 aliphatic carbocycles. The zero-order chi connectivity index (χ0) is 23.8. The number of nitrogens with one attached hydrogen (secondary N) is 1. The Morgan fingerprint density at radius 2 is 1.88 bits per heavy atom. The molecule has 0 aliphatic rings. The van der Waals surface area contributed by atoms with Crippen molar-refractivity contribution in [2.75, 3.05) is 6.61 Å². The van der Waals surface area contributed by atoms with Crippen LogP contribution < -0.4 is 14.9 Å². The highest BCUT2D eigenvalue weighted by atomic mass is 79.9. The third-order valence-corrected chi connectivity index (χ3v) is 5.87. The van der Waals surface area contributed by atoms with Crippen LogP contribution in [0.3, 0.4) is 0 Å². The molecule has 7 heteroatoms. The predicted octanol–water partition coefficient (Wildman–Crippen LogP) is 6.39. The Labute approximate surface area is 207 Å². The zero-order valence-electron chi connectivity index (χ0n) is 18.8. The Bertz CT molecular complexity index is 1160. The highest BCUT2D eigenvalue weighted by molar-refractivity contribution is 9.10. The minimum atomic E-state index is -0.179. The van der Waals surface area contributed by atoms with E-state index in [4.69, 9.17) is 21.1 Å². The van der Waals surface area contributed by atoms with E-state index in [-0.39, 0.29) is 12.3 Å². The number of hydrogen-bond donors (Lipinski definition) is 1. The largest absolute Gasteiger partial charge is 0.490 e. The molecular formula is C26H26BrClN2O3. The molecule has 3 aromatic rings. The van der Waals surface area contributed by atoms with E-state index in [1.807, 2.05) is 69.3 Å². The average Bonchev–Trinajstić information content (AvgIpc) is 2.76. The normalized spacial score (nSPS) is 10.9. The quantitative estimate of drug-likeness (QED) is 0.258. The molecule has 1 N–H and O–H groups in total. The highest BCUT2D eigenvalue weighted by Gasteiger charge is 2.13. The Hall–Kier alpha value is -2.83. The molecule has 0 aromatic heterocycles. The van der Waals surface area contributed by atoms with Crippen molar-refractivity contribution in [3.05, 3.63) is 91.9 Å². The van der Waals surface area contributed by atoms with Crippen LogP contribution in [0.25, 0.3) is 0 Å². The molecule has 3 rings (SSSR count). The van der Waals surface area contributed by atoms with Gasteiger partial charge in [-0.05, 0) is 71.6 Å². The predicted molar refractivity (Wildman–Crippen MR) is 136 cm³/mol. The number of benzene rings is 3. The fourth-order valence-corrected chi connectivity index (χ4v) is 4.03. The number of rotatable bonds is 9. The molecule has 0 saturated carbocycles. The minimum Gasteiger partial charge on any atom is -0.490 e. The first-order valence-corrected chi connectivity index (χ1v) is 11.7. The summed E-state index contributed by atoms with van der Waals surface area (Å²) in [5.74, 6) is 0.969. The van der Waals surface area contributed by atoms with Crippen LogP contribution in [0.2, 0.25) is 5.02 Å². The maximum Gasteiger partial charge on any atom is 0.244 e. The lowest BCUT2D eigenvalue weighted by molar-refractivity contribution is -0.120. The summed E-state index contributed by atoms with van der Waals surface area (Å²) in [4.78, 5) is 12.3.